The number of hydrogen-bond donors (Lipinski definition) is 0. The van der Waals surface area contributed by atoms with Crippen molar-refractivity contribution in [3.05, 3.63) is 0 Å². The Morgan fingerprint density at radius 3 is 1.20 bits per heavy atom. The summed E-state index contributed by atoms with van der Waals surface area (Å²) in [4.78, 5) is 0. The van der Waals surface area contributed by atoms with Gasteiger partial charge in [-0.1, -0.05) is 0 Å². The van der Waals surface area contributed by atoms with Crippen LogP contribution in [0.5, 0.6) is 0 Å². The number of hydrogen-bond acceptors (Lipinski definition) is 4. The molecule has 0 heterocycles. The van der Waals surface area contributed by atoms with Crippen molar-refractivity contribution in [2.45, 2.75) is 8.45 Å². The number of alkyl halides is 6. The van der Waals surface area contributed by atoms with Crippen molar-refractivity contribution >= 4 is 41.6 Å². The molecule has 0 atom stereocenters. The van der Waals surface area contributed by atoms with Crippen LogP contribution >= 0.6 is 0 Å². The second-order valence-electron chi connectivity index (χ2n) is 1.74. The summed E-state index contributed by atoms with van der Waals surface area (Å²) in [7, 11) is 0. The van der Waals surface area contributed by atoms with Crippen LogP contribution in [-0.2, 0) is 22.9 Å². The van der Waals surface area contributed by atoms with E-state index in [1.165, 1.54) is 0 Å². The standard InChI is InChI=1S/C2F6N2O2S2Te/c3-1(4,5)15(9-13-11,10-14-12)2(6,7)8. The van der Waals surface area contributed by atoms with E-state index in [1.54, 1.807) is 0 Å². The van der Waals surface area contributed by atoms with E-state index in [1.807, 2.05) is 5.23 Å². The van der Waals surface area contributed by atoms with Gasteiger partial charge in [-0.3, -0.25) is 0 Å². The third-order valence-electron chi connectivity index (χ3n) is 0.922. The molecule has 90 valence electrons. The summed E-state index contributed by atoms with van der Waals surface area (Å²) in [5.41, 5.74) is 0. The summed E-state index contributed by atoms with van der Waals surface area (Å²) in [6, 6.07) is 0. The maximum absolute atomic E-state index is 12.1. The first kappa shape index (κ1) is 15.0. The summed E-state index contributed by atoms with van der Waals surface area (Å²) >= 11 is -9.71. The first-order chi connectivity index (χ1) is 6.62. The molecule has 0 saturated heterocycles. The van der Waals surface area contributed by atoms with Gasteiger partial charge >= 0.3 is 90.1 Å². The van der Waals surface area contributed by atoms with Crippen molar-refractivity contribution in [3.8, 4) is 0 Å². The van der Waals surface area contributed by atoms with Crippen LogP contribution in [0.3, 0.4) is 0 Å². The van der Waals surface area contributed by atoms with Gasteiger partial charge in [0.15, 0.2) is 0 Å². The predicted molar refractivity (Wildman–Crippen MR) is 39.0 cm³/mol. The van der Waals surface area contributed by atoms with E-state index < -0.39 is 50.1 Å². The van der Waals surface area contributed by atoms with Crippen LogP contribution < -0.4 is 0 Å². The summed E-state index contributed by atoms with van der Waals surface area (Å²) in [6.45, 7) is 0. The molecular weight excluding hydrogens is 390 g/mol. The molecule has 0 aromatic carbocycles. The molecule has 0 unspecified atom stereocenters. The van der Waals surface area contributed by atoms with Gasteiger partial charge in [0.25, 0.3) is 0 Å². The maximum atomic E-state index is 12.1. The van der Waals surface area contributed by atoms with Gasteiger partial charge in [0.05, 0.1) is 0 Å². The molecule has 0 bridgehead atoms. The third kappa shape index (κ3) is 2.99. The minimum absolute atomic E-state index is 1.22. The van der Waals surface area contributed by atoms with Gasteiger partial charge in [0.2, 0.25) is 0 Å². The van der Waals surface area contributed by atoms with Crippen LogP contribution in [-0.4, -0.2) is 35.6 Å². The molecule has 0 saturated carbocycles. The molecule has 0 spiro atoms. The summed E-state index contributed by atoms with van der Waals surface area (Å²) in [5.74, 6) is 0. The third-order valence-corrected chi connectivity index (χ3v) is 9.90. The summed E-state index contributed by atoms with van der Waals surface area (Å²) < 4.78 is 84.4. The van der Waals surface area contributed by atoms with Gasteiger partial charge in [-0.2, -0.15) is 0 Å². The molecule has 0 N–H and O–H groups in total. The fourth-order valence-electron chi connectivity index (χ4n) is 0.402. The zero-order chi connectivity index (χ0) is 12.3. The van der Waals surface area contributed by atoms with Crippen molar-refractivity contribution in [1.82, 2.24) is 0 Å². The van der Waals surface area contributed by atoms with Gasteiger partial charge in [-0.25, -0.2) is 0 Å². The molecule has 0 fully saturated rings. The van der Waals surface area contributed by atoms with Crippen LogP contribution in [0.4, 0.5) is 26.3 Å². The zero-order valence-corrected chi connectivity index (χ0v) is 10.2. The number of nitrogens with zero attached hydrogens (tertiary/aromatic N) is 2. The zero-order valence-electron chi connectivity index (χ0n) is 6.20. The van der Waals surface area contributed by atoms with E-state index in [2.05, 4.69) is 0 Å². The molecule has 0 rings (SSSR count). The molecule has 0 aromatic rings. The van der Waals surface area contributed by atoms with Crippen molar-refractivity contribution in [3.63, 3.8) is 0 Å². The molecule has 13 heteroatoms. The van der Waals surface area contributed by atoms with E-state index in [4.69, 9.17) is 0 Å². The van der Waals surface area contributed by atoms with Crippen LogP contribution in [0.1, 0.15) is 0 Å². The average molecular weight is 390 g/mol. The molecule has 0 radical (unpaired) electrons. The first-order valence-electron chi connectivity index (χ1n) is 2.61. The monoisotopic (exact) mass is 392 g/mol. The van der Waals surface area contributed by atoms with Gasteiger partial charge in [-0.15, -0.1) is 0 Å². The Kier molecular flexibility index (Phi) is 4.90. The predicted octanol–water partition coefficient (Wildman–Crippen LogP) is 1.42. The fourth-order valence-corrected chi connectivity index (χ4v) is 6.88. The minimum atomic E-state index is -7.26. The Labute approximate surface area is 90.0 Å². The van der Waals surface area contributed by atoms with Crippen molar-refractivity contribution < 1.29 is 34.8 Å². The van der Waals surface area contributed by atoms with Crippen LogP contribution in [0.15, 0.2) is 5.23 Å². The molecule has 15 heavy (non-hydrogen) atoms. The van der Waals surface area contributed by atoms with Gasteiger partial charge in [-0.05, 0) is 0 Å². The van der Waals surface area contributed by atoms with E-state index in [0.717, 1.165) is 0 Å². The van der Waals surface area contributed by atoms with E-state index in [-0.39, 0.29) is 0 Å². The van der Waals surface area contributed by atoms with Crippen LogP contribution in [0.2, 0.25) is 0 Å². The molecule has 0 aromatic heterocycles. The molecule has 4 nitrogen and oxygen atoms in total. The fraction of sp³-hybridized carbons (Fsp3) is 1.00. The number of rotatable bonds is 2. The van der Waals surface area contributed by atoms with Crippen molar-refractivity contribution in [2.75, 3.05) is 0 Å². The average Bonchev–Trinajstić information content (AvgIpc) is 1.99. The van der Waals surface area contributed by atoms with E-state index in [0.29, 0.717) is 0 Å². The number of halogens is 6. The Balaban J connectivity index is 5.93. The Morgan fingerprint density at radius 1 is 0.800 bits per heavy atom. The molecular formula is C2F6N2O2S2Te. The molecule has 0 aliphatic heterocycles. The summed E-state index contributed by atoms with van der Waals surface area (Å²) in [6.07, 6.45) is 0. The van der Waals surface area contributed by atoms with Crippen LogP contribution in [0.25, 0.3) is 0 Å². The second-order valence-corrected chi connectivity index (χ2v) is 10.7. The molecule has 0 aliphatic rings. The second kappa shape index (κ2) is 4.89. The molecule has 0 amide bonds. The normalized spacial score (nSPS) is 14.3. The quantitative estimate of drug-likeness (QED) is 0.530. The van der Waals surface area contributed by atoms with Gasteiger partial charge in [0, 0.05) is 0 Å². The first-order valence-corrected chi connectivity index (χ1v) is 8.42. The Bertz CT molecular complexity index is 306. The van der Waals surface area contributed by atoms with Gasteiger partial charge in [0.1, 0.15) is 0 Å². The Morgan fingerprint density at radius 2 is 1.07 bits per heavy atom. The SMILES string of the molecule is O=S=N[Te](N=S=O)(C(F)(F)F)C(F)(F)F. The van der Waals surface area contributed by atoms with Crippen LogP contribution in [0, 0.1) is 0 Å². The Hall–Kier alpha value is 0.00961. The van der Waals surface area contributed by atoms with Gasteiger partial charge < -0.3 is 0 Å². The van der Waals surface area contributed by atoms with E-state index in [9.17, 15) is 34.8 Å². The molecule has 0 aliphatic carbocycles. The van der Waals surface area contributed by atoms with E-state index >= 15 is 0 Å². The summed E-state index contributed by atoms with van der Waals surface area (Å²) in [5, 5.41) is 0. The van der Waals surface area contributed by atoms with Crippen molar-refractivity contribution in [1.29, 1.82) is 0 Å². The van der Waals surface area contributed by atoms with Crippen molar-refractivity contribution in [2.24, 2.45) is 5.23 Å². The topological polar surface area (TPSA) is 58.9 Å².